The lowest BCUT2D eigenvalue weighted by molar-refractivity contribution is -0.385. The monoisotopic (exact) mass is 334 g/mol. The number of likely N-dealkylation sites (tertiary alicyclic amines) is 1. The normalized spacial score (nSPS) is 16.2. The van der Waals surface area contributed by atoms with E-state index in [4.69, 9.17) is 4.74 Å². The van der Waals surface area contributed by atoms with Gasteiger partial charge in [0.2, 0.25) is 0 Å². The first kappa shape index (κ1) is 17.9. The molecule has 0 N–H and O–H groups in total. The summed E-state index contributed by atoms with van der Waals surface area (Å²) in [5.41, 5.74) is 0.393. The molecule has 2 rings (SSSR count). The summed E-state index contributed by atoms with van der Waals surface area (Å²) in [4.78, 5) is 36.7. The molecule has 0 spiro atoms. The summed E-state index contributed by atoms with van der Waals surface area (Å²) in [5, 5.41) is 11.0. The van der Waals surface area contributed by atoms with E-state index in [-0.39, 0.29) is 17.2 Å². The zero-order chi connectivity index (χ0) is 17.7. The van der Waals surface area contributed by atoms with E-state index < -0.39 is 17.0 Å². The number of rotatable bonds is 4. The second-order valence-electron chi connectivity index (χ2n) is 6.05. The largest absolute Gasteiger partial charge is 0.449 e. The Hall–Kier alpha value is -2.44. The summed E-state index contributed by atoms with van der Waals surface area (Å²) in [6.07, 6.45) is 3.21. The number of carbonyl (C=O) groups excluding carboxylic acids is 2. The van der Waals surface area contributed by atoms with Gasteiger partial charge < -0.3 is 9.64 Å². The van der Waals surface area contributed by atoms with Crippen molar-refractivity contribution in [2.24, 2.45) is 0 Å². The third-order valence-corrected chi connectivity index (χ3v) is 4.19. The van der Waals surface area contributed by atoms with Crippen LogP contribution >= 0.6 is 0 Å². The van der Waals surface area contributed by atoms with Crippen LogP contribution in [0.1, 0.15) is 48.5 Å². The van der Waals surface area contributed by atoms with E-state index in [2.05, 4.69) is 0 Å². The molecule has 1 amide bonds. The van der Waals surface area contributed by atoms with Gasteiger partial charge in [-0.3, -0.25) is 14.9 Å². The summed E-state index contributed by atoms with van der Waals surface area (Å²) in [6, 6.07) is 4.14. The number of nitrogens with zero attached hydrogens (tertiary/aromatic N) is 2. The third kappa shape index (κ3) is 4.31. The molecule has 130 valence electrons. The Labute approximate surface area is 140 Å². The molecular formula is C17H22N2O5. The van der Waals surface area contributed by atoms with E-state index in [1.54, 1.807) is 11.8 Å². The number of hydrogen-bond donors (Lipinski definition) is 0. The van der Waals surface area contributed by atoms with E-state index in [1.807, 2.05) is 0 Å². The maximum absolute atomic E-state index is 12.4. The number of aryl methyl sites for hydroxylation is 1. The summed E-state index contributed by atoms with van der Waals surface area (Å²) in [7, 11) is 0. The van der Waals surface area contributed by atoms with Gasteiger partial charge in [-0.25, -0.2) is 4.79 Å². The second-order valence-corrected chi connectivity index (χ2v) is 6.05. The van der Waals surface area contributed by atoms with Gasteiger partial charge in [0.05, 0.1) is 10.5 Å². The second kappa shape index (κ2) is 7.90. The highest BCUT2D eigenvalue weighted by molar-refractivity contribution is 5.93. The van der Waals surface area contributed by atoms with Gasteiger partial charge in [-0.2, -0.15) is 0 Å². The molecule has 1 atom stereocenters. The molecule has 0 radical (unpaired) electrons. The Morgan fingerprint density at radius 1 is 1.21 bits per heavy atom. The minimum Gasteiger partial charge on any atom is -0.449 e. The van der Waals surface area contributed by atoms with Gasteiger partial charge in [0.15, 0.2) is 6.10 Å². The molecule has 7 heteroatoms. The molecule has 1 aliphatic heterocycles. The lowest BCUT2D eigenvalue weighted by Gasteiger charge is -2.24. The van der Waals surface area contributed by atoms with Crippen molar-refractivity contribution in [3.05, 3.63) is 39.4 Å². The average Bonchev–Trinajstić information content (AvgIpc) is 2.83. The topological polar surface area (TPSA) is 89.8 Å². The number of hydrogen-bond acceptors (Lipinski definition) is 5. The average molecular weight is 334 g/mol. The van der Waals surface area contributed by atoms with Crippen LogP contribution in [0.25, 0.3) is 0 Å². The molecule has 0 aliphatic carbocycles. The summed E-state index contributed by atoms with van der Waals surface area (Å²) < 4.78 is 5.21. The Balaban J connectivity index is 2.04. The highest BCUT2D eigenvalue weighted by Gasteiger charge is 2.25. The zero-order valence-electron chi connectivity index (χ0n) is 14.0. The number of nitro benzene ring substituents is 1. The van der Waals surface area contributed by atoms with Crippen molar-refractivity contribution in [1.82, 2.24) is 4.90 Å². The first-order chi connectivity index (χ1) is 11.4. The highest BCUT2D eigenvalue weighted by Crippen LogP contribution is 2.20. The molecule has 0 saturated carbocycles. The summed E-state index contributed by atoms with van der Waals surface area (Å²) >= 11 is 0. The molecule has 1 aliphatic rings. The minimum atomic E-state index is -0.907. The van der Waals surface area contributed by atoms with Crippen LogP contribution in [-0.4, -0.2) is 40.9 Å². The molecule has 1 heterocycles. The zero-order valence-corrected chi connectivity index (χ0v) is 14.0. The lowest BCUT2D eigenvalue weighted by Crippen LogP contribution is -2.40. The number of esters is 1. The number of carbonyl (C=O) groups is 2. The molecular weight excluding hydrogens is 312 g/mol. The predicted molar refractivity (Wildman–Crippen MR) is 87.8 cm³/mol. The Morgan fingerprint density at radius 2 is 1.83 bits per heavy atom. The van der Waals surface area contributed by atoms with Crippen LogP contribution in [0, 0.1) is 17.0 Å². The maximum atomic E-state index is 12.4. The van der Waals surface area contributed by atoms with Gasteiger partial charge in [0.1, 0.15) is 0 Å². The van der Waals surface area contributed by atoms with E-state index in [0.717, 1.165) is 25.7 Å². The fourth-order valence-corrected chi connectivity index (χ4v) is 2.76. The van der Waals surface area contributed by atoms with E-state index in [1.165, 1.54) is 25.1 Å². The first-order valence-corrected chi connectivity index (χ1v) is 8.15. The van der Waals surface area contributed by atoms with Crippen LogP contribution in [0.2, 0.25) is 0 Å². The van der Waals surface area contributed by atoms with Crippen molar-refractivity contribution in [1.29, 1.82) is 0 Å². The van der Waals surface area contributed by atoms with Crippen molar-refractivity contribution < 1.29 is 19.2 Å². The lowest BCUT2D eigenvalue weighted by atomic mass is 10.1. The Morgan fingerprint density at radius 3 is 2.42 bits per heavy atom. The summed E-state index contributed by atoms with van der Waals surface area (Å²) in [6.45, 7) is 4.49. The van der Waals surface area contributed by atoms with Gasteiger partial charge >= 0.3 is 5.97 Å². The van der Waals surface area contributed by atoms with Crippen LogP contribution in [0.5, 0.6) is 0 Å². The smallest absolute Gasteiger partial charge is 0.339 e. The molecule has 1 fully saturated rings. The molecule has 1 saturated heterocycles. The molecule has 0 bridgehead atoms. The van der Waals surface area contributed by atoms with Crippen LogP contribution in [0.4, 0.5) is 5.69 Å². The summed E-state index contributed by atoms with van der Waals surface area (Å²) in [5.74, 6) is -0.944. The van der Waals surface area contributed by atoms with Crippen molar-refractivity contribution in [3.8, 4) is 0 Å². The number of nitro groups is 1. The van der Waals surface area contributed by atoms with Crippen LogP contribution in [0.15, 0.2) is 18.2 Å². The van der Waals surface area contributed by atoms with E-state index in [9.17, 15) is 19.7 Å². The molecule has 1 aromatic rings. The number of ether oxygens (including phenoxy) is 1. The third-order valence-electron chi connectivity index (χ3n) is 4.19. The predicted octanol–water partition coefficient (Wildman–Crippen LogP) is 2.85. The van der Waals surface area contributed by atoms with Crippen LogP contribution in [-0.2, 0) is 9.53 Å². The number of benzene rings is 1. The van der Waals surface area contributed by atoms with E-state index >= 15 is 0 Å². The van der Waals surface area contributed by atoms with Gasteiger partial charge in [0, 0.05) is 24.7 Å². The van der Waals surface area contributed by atoms with Gasteiger partial charge in [0.25, 0.3) is 11.6 Å². The van der Waals surface area contributed by atoms with Crippen LogP contribution < -0.4 is 0 Å². The fourth-order valence-electron chi connectivity index (χ4n) is 2.76. The molecule has 7 nitrogen and oxygen atoms in total. The van der Waals surface area contributed by atoms with Crippen molar-refractivity contribution in [2.75, 3.05) is 13.1 Å². The van der Waals surface area contributed by atoms with Crippen molar-refractivity contribution >= 4 is 17.6 Å². The Bertz CT molecular complexity index is 636. The van der Waals surface area contributed by atoms with E-state index in [0.29, 0.717) is 18.7 Å². The van der Waals surface area contributed by atoms with Gasteiger partial charge in [-0.05, 0) is 32.8 Å². The van der Waals surface area contributed by atoms with Crippen molar-refractivity contribution in [2.45, 2.75) is 45.6 Å². The molecule has 0 aromatic heterocycles. The number of amides is 1. The molecule has 1 aromatic carbocycles. The van der Waals surface area contributed by atoms with Crippen molar-refractivity contribution in [3.63, 3.8) is 0 Å². The Kier molecular flexibility index (Phi) is 5.89. The maximum Gasteiger partial charge on any atom is 0.339 e. The quantitative estimate of drug-likeness (QED) is 0.480. The standard InChI is InChI=1S/C17H22N2O5/c1-12-7-8-14(11-15(12)19(22)23)17(21)24-13(2)16(20)18-9-5-3-4-6-10-18/h7-8,11,13H,3-6,9-10H2,1-2H3/t13-/m1/s1. The van der Waals surface area contributed by atoms with Crippen LogP contribution in [0.3, 0.4) is 0 Å². The minimum absolute atomic E-state index is 0.0721. The van der Waals surface area contributed by atoms with Gasteiger partial charge in [-0.15, -0.1) is 0 Å². The molecule has 24 heavy (non-hydrogen) atoms. The highest BCUT2D eigenvalue weighted by atomic mass is 16.6. The first-order valence-electron chi connectivity index (χ1n) is 8.15. The molecule has 0 unspecified atom stereocenters. The SMILES string of the molecule is Cc1ccc(C(=O)O[C@H](C)C(=O)N2CCCCCC2)cc1[N+](=O)[O-]. The van der Waals surface area contributed by atoms with Gasteiger partial charge in [-0.1, -0.05) is 18.9 Å². The fraction of sp³-hybridized carbons (Fsp3) is 0.529.